The predicted octanol–water partition coefficient (Wildman–Crippen LogP) is 0.996. The normalized spacial score (nSPS) is 28.5. The van der Waals surface area contributed by atoms with Crippen molar-refractivity contribution < 1.29 is 20.1 Å². The number of rotatable bonds is 3. The number of aliphatic hydroxyl groups is 3. The van der Waals surface area contributed by atoms with Crippen molar-refractivity contribution in [3.63, 3.8) is 0 Å². The first kappa shape index (κ1) is 15.8. The number of nitrogens with zero attached hydrogens (tertiary/aromatic N) is 2. The highest BCUT2D eigenvalue weighted by Gasteiger charge is 2.44. The summed E-state index contributed by atoms with van der Waals surface area (Å²) in [6.45, 7) is -0.400. The third kappa shape index (κ3) is 2.34. The van der Waals surface area contributed by atoms with Crippen molar-refractivity contribution in [2.75, 3.05) is 19.0 Å². The van der Waals surface area contributed by atoms with Gasteiger partial charge in [0.15, 0.2) is 6.23 Å². The van der Waals surface area contributed by atoms with Gasteiger partial charge in [-0.1, -0.05) is 23.2 Å². The number of hydrogen-bond donors (Lipinski definition) is 4. The first-order valence-electron chi connectivity index (χ1n) is 6.65. The van der Waals surface area contributed by atoms with Gasteiger partial charge in [-0.15, -0.1) is 0 Å². The maximum absolute atomic E-state index is 10.2. The number of anilines is 1. The Balaban J connectivity index is 2.15. The maximum atomic E-state index is 10.2. The van der Waals surface area contributed by atoms with Crippen molar-refractivity contribution >= 4 is 40.2 Å². The molecule has 0 bridgehead atoms. The fraction of sp³-hybridized carbons (Fsp3) is 0.462. The molecule has 0 spiro atoms. The van der Waals surface area contributed by atoms with Gasteiger partial charge in [-0.3, -0.25) is 4.57 Å². The molecule has 22 heavy (non-hydrogen) atoms. The zero-order chi connectivity index (χ0) is 16.0. The lowest BCUT2D eigenvalue weighted by Crippen LogP contribution is -2.33. The number of imidazole rings is 1. The number of nitrogens with one attached hydrogen (secondary N) is 1. The second kappa shape index (κ2) is 5.84. The van der Waals surface area contributed by atoms with Crippen molar-refractivity contribution in [1.29, 1.82) is 0 Å². The number of halogens is 2. The fourth-order valence-corrected chi connectivity index (χ4v) is 2.93. The molecule has 7 nitrogen and oxygen atoms in total. The van der Waals surface area contributed by atoms with Crippen molar-refractivity contribution in [2.24, 2.45) is 0 Å². The van der Waals surface area contributed by atoms with Gasteiger partial charge >= 0.3 is 0 Å². The van der Waals surface area contributed by atoms with Gasteiger partial charge in [-0.2, -0.15) is 0 Å². The van der Waals surface area contributed by atoms with E-state index in [1.807, 2.05) is 0 Å². The first-order chi connectivity index (χ1) is 10.5. The van der Waals surface area contributed by atoms with Crippen molar-refractivity contribution in [3.8, 4) is 0 Å². The molecule has 4 N–H and O–H groups in total. The van der Waals surface area contributed by atoms with Crippen LogP contribution >= 0.6 is 23.2 Å². The van der Waals surface area contributed by atoms with Crippen LogP contribution in [0, 0.1) is 0 Å². The van der Waals surface area contributed by atoms with E-state index in [-0.39, 0.29) is 0 Å². The highest BCUT2D eigenvalue weighted by atomic mass is 35.5. The van der Waals surface area contributed by atoms with Gasteiger partial charge in [0.2, 0.25) is 5.95 Å². The third-order valence-corrected chi connectivity index (χ3v) is 4.45. The summed E-state index contributed by atoms with van der Waals surface area (Å²) in [4.78, 5) is 4.36. The lowest BCUT2D eigenvalue weighted by atomic mass is 10.1. The summed E-state index contributed by atoms with van der Waals surface area (Å²) >= 11 is 12.0. The Hall–Kier alpha value is -1.09. The quantitative estimate of drug-likeness (QED) is 0.660. The average Bonchev–Trinajstić information content (AvgIpc) is 2.98. The van der Waals surface area contributed by atoms with E-state index in [0.29, 0.717) is 27.0 Å². The van der Waals surface area contributed by atoms with Crippen LogP contribution in [0.2, 0.25) is 10.0 Å². The standard InChI is InChI=1S/C13H15Cl2N3O4/c1-16-13-17-7-2-5(14)6(15)3-8(7)18(13)12-11(21)10(20)9(4-19)22-12/h2-3,9-12,19-21H,4H2,1H3,(H,16,17)/t9-,10-,11-,12-/m1/s1. The molecule has 0 unspecified atom stereocenters. The van der Waals surface area contributed by atoms with Crippen LogP contribution in [0.3, 0.4) is 0 Å². The van der Waals surface area contributed by atoms with Gasteiger partial charge in [0.05, 0.1) is 27.7 Å². The van der Waals surface area contributed by atoms with E-state index in [0.717, 1.165) is 0 Å². The van der Waals surface area contributed by atoms with Gasteiger partial charge in [0, 0.05) is 7.05 Å². The van der Waals surface area contributed by atoms with Crippen molar-refractivity contribution in [2.45, 2.75) is 24.5 Å². The molecule has 0 radical (unpaired) electrons. The lowest BCUT2D eigenvalue weighted by molar-refractivity contribution is -0.0499. The summed E-state index contributed by atoms with van der Waals surface area (Å²) in [6.07, 6.45) is -4.18. The Kier molecular flexibility index (Phi) is 4.19. The fourth-order valence-electron chi connectivity index (χ4n) is 2.62. The molecule has 0 saturated carbocycles. The highest BCUT2D eigenvalue weighted by Crippen LogP contribution is 2.37. The van der Waals surface area contributed by atoms with Crippen LogP contribution in [0.25, 0.3) is 11.0 Å². The van der Waals surface area contributed by atoms with Gasteiger partial charge in [0.25, 0.3) is 0 Å². The molecular formula is C13H15Cl2N3O4. The Labute approximate surface area is 136 Å². The maximum Gasteiger partial charge on any atom is 0.205 e. The molecule has 1 saturated heterocycles. The van der Waals surface area contributed by atoms with Gasteiger partial charge < -0.3 is 25.4 Å². The number of benzene rings is 1. The van der Waals surface area contributed by atoms with E-state index < -0.39 is 31.1 Å². The van der Waals surface area contributed by atoms with Crippen LogP contribution < -0.4 is 5.32 Å². The minimum Gasteiger partial charge on any atom is -0.394 e. The van der Waals surface area contributed by atoms with E-state index in [4.69, 9.17) is 27.9 Å². The molecule has 3 rings (SSSR count). The second-order valence-electron chi connectivity index (χ2n) is 5.04. The average molecular weight is 348 g/mol. The monoisotopic (exact) mass is 347 g/mol. The molecule has 4 atom stereocenters. The SMILES string of the molecule is CNc1nc2cc(Cl)c(Cl)cc2n1[C@@H]1O[C@H](CO)[C@@H](O)[C@H]1O. The molecule has 2 heterocycles. The van der Waals surface area contributed by atoms with E-state index in [1.54, 1.807) is 23.7 Å². The van der Waals surface area contributed by atoms with Crippen LogP contribution in [0.15, 0.2) is 12.1 Å². The number of aliphatic hydroxyl groups excluding tert-OH is 3. The van der Waals surface area contributed by atoms with Crippen molar-refractivity contribution in [1.82, 2.24) is 9.55 Å². The van der Waals surface area contributed by atoms with Crippen LogP contribution in [0.1, 0.15) is 6.23 Å². The minimum atomic E-state index is -1.21. The summed E-state index contributed by atoms with van der Waals surface area (Å²) in [7, 11) is 1.67. The molecule has 1 aliphatic heterocycles. The molecule has 2 aromatic rings. The van der Waals surface area contributed by atoms with E-state index in [2.05, 4.69) is 10.3 Å². The van der Waals surface area contributed by atoms with Crippen molar-refractivity contribution in [3.05, 3.63) is 22.2 Å². The molecule has 120 valence electrons. The number of ether oxygens (including phenoxy) is 1. The first-order valence-corrected chi connectivity index (χ1v) is 7.40. The molecule has 9 heteroatoms. The second-order valence-corrected chi connectivity index (χ2v) is 5.85. The number of hydrogen-bond acceptors (Lipinski definition) is 6. The number of fused-ring (bicyclic) bond motifs is 1. The molecule has 0 amide bonds. The Bertz CT molecular complexity index is 708. The molecule has 1 aromatic heterocycles. The molecule has 1 fully saturated rings. The van der Waals surface area contributed by atoms with Crippen LogP contribution in [0.4, 0.5) is 5.95 Å². The largest absolute Gasteiger partial charge is 0.394 e. The van der Waals surface area contributed by atoms with Gasteiger partial charge in [0.1, 0.15) is 18.3 Å². The predicted molar refractivity (Wildman–Crippen MR) is 82.3 cm³/mol. The third-order valence-electron chi connectivity index (χ3n) is 3.73. The molecule has 0 aliphatic carbocycles. The van der Waals surface area contributed by atoms with E-state index >= 15 is 0 Å². The highest BCUT2D eigenvalue weighted by molar-refractivity contribution is 6.42. The lowest BCUT2D eigenvalue weighted by Gasteiger charge is -2.19. The summed E-state index contributed by atoms with van der Waals surface area (Å²) in [6, 6.07) is 3.22. The molecule has 1 aromatic carbocycles. The minimum absolute atomic E-state index is 0.338. The summed E-state index contributed by atoms with van der Waals surface area (Å²) in [5.74, 6) is 0.420. The Morgan fingerprint density at radius 3 is 2.55 bits per heavy atom. The molecule has 1 aliphatic rings. The summed E-state index contributed by atoms with van der Waals surface area (Å²) in [5, 5.41) is 33.0. The van der Waals surface area contributed by atoms with E-state index in [9.17, 15) is 15.3 Å². The summed E-state index contributed by atoms with van der Waals surface area (Å²) in [5.41, 5.74) is 1.16. The van der Waals surface area contributed by atoms with Crippen LogP contribution in [-0.2, 0) is 4.74 Å². The van der Waals surface area contributed by atoms with Gasteiger partial charge in [-0.25, -0.2) is 4.98 Å². The topological polar surface area (TPSA) is 99.8 Å². The van der Waals surface area contributed by atoms with Crippen LogP contribution in [0.5, 0.6) is 0 Å². The Morgan fingerprint density at radius 1 is 1.27 bits per heavy atom. The molecular weight excluding hydrogens is 333 g/mol. The zero-order valence-electron chi connectivity index (χ0n) is 11.6. The van der Waals surface area contributed by atoms with E-state index in [1.165, 1.54) is 0 Å². The van der Waals surface area contributed by atoms with Gasteiger partial charge in [-0.05, 0) is 12.1 Å². The smallest absolute Gasteiger partial charge is 0.205 e. The zero-order valence-corrected chi connectivity index (χ0v) is 13.1. The summed E-state index contributed by atoms with van der Waals surface area (Å²) < 4.78 is 7.14. The Morgan fingerprint density at radius 2 is 1.95 bits per heavy atom. The number of aromatic nitrogens is 2. The van der Waals surface area contributed by atoms with Crippen LogP contribution in [-0.4, -0.2) is 56.8 Å².